The molecular weight excluding hydrogens is 411 g/mol. The number of aromatic nitrogens is 5. The van der Waals surface area contributed by atoms with Crippen molar-refractivity contribution in [1.29, 1.82) is 0 Å². The Hall–Kier alpha value is -3.88. The van der Waals surface area contributed by atoms with Crippen molar-refractivity contribution in [2.45, 2.75) is 19.4 Å². The molecule has 0 spiro atoms. The quantitative estimate of drug-likeness (QED) is 0.495. The first kappa shape index (κ1) is 20.0. The van der Waals surface area contributed by atoms with Gasteiger partial charge in [-0.25, -0.2) is 14.1 Å². The summed E-state index contributed by atoms with van der Waals surface area (Å²) in [5.74, 6) is -0.0734. The first-order chi connectivity index (χ1) is 15.6. The molecule has 1 fully saturated rings. The molecule has 1 aliphatic heterocycles. The van der Waals surface area contributed by atoms with Crippen LogP contribution in [0.3, 0.4) is 0 Å². The van der Waals surface area contributed by atoms with Crippen LogP contribution in [0.1, 0.15) is 23.2 Å². The molecule has 5 rings (SSSR count). The molecule has 0 bridgehead atoms. The fraction of sp³-hybridized carbons (Fsp3) is 0.261. The highest BCUT2D eigenvalue weighted by Crippen LogP contribution is 2.21. The molecule has 1 aliphatic rings. The van der Waals surface area contributed by atoms with Crippen LogP contribution in [0.15, 0.2) is 66.1 Å². The molecule has 1 saturated heterocycles. The second kappa shape index (κ2) is 8.33. The smallest absolute Gasteiger partial charge is 0.264 e. The van der Waals surface area contributed by atoms with E-state index in [4.69, 9.17) is 0 Å². The van der Waals surface area contributed by atoms with Gasteiger partial charge in [0, 0.05) is 32.0 Å². The van der Waals surface area contributed by atoms with Crippen LogP contribution in [0.5, 0.6) is 0 Å². The molecule has 162 valence electrons. The minimum atomic E-state index is -0.339. The first-order valence-electron chi connectivity index (χ1n) is 10.5. The van der Waals surface area contributed by atoms with Crippen LogP contribution >= 0.6 is 0 Å². The van der Waals surface area contributed by atoms with Gasteiger partial charge in [0.15, 0.2) is 5.65 Å². The van der Waals surface area contributed by atoms with Crippen LogP contribution in [-0.2, 0) is 6.54 Å². The van der Waals surface area contributed by atoms with Crippen molar-refractivity contribution in [3.8, 4) is 5.69 Å². The lowest BCUT2D eigenvalue weighted by Gasteiger charge is -2.32. The predicted octanol–water partition coefficient (Wildman–Crippen LogP) is 2.67. The Kier molecular flexibility index (Phi) is 5.22. The second-order valence-electron chi connectivity index (χ2n) is 7.95. The number of benzene rings is 1. The molecule has 0 radical (unpaired) electrons. The number of carbonyl (C=O) groups is 1. The van der Waals surface area contributed by atoms with Crippen molar-refractivity contribution in [2.24, 2.45) is 5.92 Å². The molecule has 0 saturated carbocycles. The van der Waals surface area contributed by atoms with Gasteiger partial charge in [-0.2, -0.15) is 5.10 Å². The van der Waals surface area contributed by atoms with Crippen LogP contribution in [0, 0.1) is 11.7 Å². The summed E-state index contributed by atoms with van der Waals surface area (Å²) in [5.41, 5.74) is 1.51. The molecule has 0 unspecified atom stereocenters. The molecule has 1 amide bonds. The van der Waals surface area contributed by atoms with Gasteiger partial charge in [0.25, 0.3) is 11.5 Å². The zero-order chi connectivity index (χ0) is 22.1. The summed E-state index contributed by atoms with van der Waals surface area (Å²) in [4.78, 5) is 35.9. The van der Waals surface area contributed by atoms with E-state index in [1.807, 2.05) is 4.90 Å². The third kappa shape index (κ3) is 3.77. The highest BCUT2D eigenvalue weighted by Gasteiger charge is 2.24. The van der Waals surface area contributed by atoms with E-state index in [2.05, 4.69) is 15.1 Å². The van der Waals surface area contributed by atoms with Gasteiger partial charge in [-0.15, -0.1) is 0 Å². The highest BCUT2D eigenvalue weighted by atomic mass is 19.1. The second-order valence-corrected chi connectivity index (χ2v) is 7.95. The number of rotatable bonds is 4. The normalized spacial score (nSPS) is 14.7. The van der Waals surface area contributed by atoms with E-state index in [9.17, 15) is 14.0 Å². The number of likely N-dealkylation sites (tertiary alicyclic amines) is 1. The molecule has 4 aromatic rings. The van der Waals surface area contributed by atoms with E-state index in [-0.39, 0.29) is 23.2 Å². The number of pyridine rings is 1. The van der Waals surface area contributed by atoms with Crippen LogP contribution in [0.4, 0.5) is 4.39 Å². The Labute approximate surface area is 183 Å². The van der Waals surface area contributed by atoms with Gasteiger partial charge < -0.3 is 4.90 Å². The van der Waals surface area contributed by atoms with E-state index in [0.717, 1.165) is 12.8 Å². The summed E-state index contributed by atoms with van der Waals surface area (Å²) in [6.45, 7) is 1.83. The molecule has 32 heavy (non-hydrogen) atoms. The number of halogens is 1. The van der Waals surface area contributed by atoms with Crippen LogP contribution in [0.2, 0.25) is 0 Å². The number of amides is 1. The Balaban J connectivity index is 1.29. The minimum Gasteiger partial charge on any atom is -0.339 e. The van der Waals surface area contributed by atoms with E-state index >= 15 is 0 Å². The van der Waals surface area contributed by atoms with Gasteiger partial charge in [0.1, 0.15) is 11.2 Å². The van der Waals surface area contributed by atoms with E-state index in [0.29, 0.717) is 41.9 Å². The Morgan fingerprint density at radius 1 is 1.09 bits per heavy atom. The van der Waals surface area contributed by atoms with Gasteiger partial charge in [0.05, 0.1) is 23.8 Å². The largest absolute Gasteiger partial charge is 0.339 e. The number of nitrogens with zero attached hydrogens (tertiary/aromatic N) is 6. The lowest BCUT2D eigenvalue weighted by Crippen LogP contribution is -2.40. The Morgan fingerprint density at radius 2 is 1.88 bits per heavy atom. The molecule has 0 atom stereocenters. The minimum absolute atomic E-state index is 0.00925. The average molecular weight is 432 g/mol. The fourth-order valence-corrected chi connectivity index (χ4v) is 4.12. The summed E-state index contributed by atoms with van der Waals surface area (Å²) >= 11 is 0. The van der Waals surface area contributed by atoms with Crippen LogP contribution in [0.25, 0.3) is 16.7 Å². The Morgan fingerprint density at radius 3 is 2.59 bits per heavy atom. The maximum atomic E-state index is 13.2. The van der Waals surface area contributed by atoms with Crippen LogP contribution < -0.4 is 5.56 Å². The average Bonchev–Trinajstić information content (AvgIpc) is 3.27. The molecule has 3 aromatic heterocycles. The first-order valence-corrected chi connectivity index (χ1v) is 10.5. The highest BCUT2D eigenvalue weighted by molar-refractivity contribution is 5.93. The van der Waals surface area contributed by atoms with Crippen molar-refractivity contribution in [3.05, 3.63) is 83.1 Å². The SMILES string of the molecule is O=C(c1cccnc1)N1CCC(Cn2cnc3c(cnn3-c3ccc(F)cc3)c2=O)CC1. The monoisotopic (exact) mass is 432 g/mol. The number of carbonyl (C=O) groups excluding carboxylic acids is 1. The maximum absolute atomic E-state index is 13.2. The van der Waals surface area contributed by atoms with Gasteiger partial charge in [-0.1, -0.05) is 0 Å². The van der Waals surface area contributed by atoms with Crippen LogP contribution in [-0.4, -0.2) is 48.2 Å². The molecule has 4 heterocycles. The zero-order valence-corrected chi connectivity index (χ0v) is 17.3. The lowest BCUT2D eigenvalue weighted by atomic mass is 9.96. The Bertz CT molecular complexity index is 1310. The van der Waals surface area contributed by atoms with E-state index in [1.54, 1.807) is 47.6 Å². The third-order valence-corrected chi connectivity index (χ3v) is 5.89. The van der Waals surface area contributed by atoms with E-state index < -0.39 is 0 Å². The van der Waals surface area contributed by atoms with Crippen molar-refractivity contribution in [1.82, 2.24) is 29.2 Å². The number of piperidine rings is 1. The van der Waals surface area contributed by atoms with Gasteiger partial charge >= 0.3 is 0 Å². The van der Waals surface area contributed by atoms with Crippen molar-refractivity contribution in [2.75, 3.05) is 13.1 Å². The molecule has 0 aliphatic carbocycles. The molecule has 9 heteroatoms. The summed E-state index contributed by atoms with van der Waals surface area (Å²) < 4.78 is 16.4. The predicted molar refractivity (Wildman–Crippen MR) is 116 cm³/mol. The lowest BCUT2D eigenvalue weighted by molar-refractivity contribution is 0.0682. The molecular formula is C23H21FN6O2. The molecule has 0 N–H and O–H groups in total. The summed E-state index contributed by atoms with van der Waals surface area (Å²) in [7, 11) is 0. The maximum Gasteiger partial charge on any atom is 0.264 e. The van der Waals surface area contributed by atoms with Gasteiger partial charge in [-0.05, 0) is 55.2 Å². The summed E-state index contributed by atoms with van der Waals surface area (Å²) in [5, 5.41) is 4.69. The molecule has 8 nitrogen and oxygen atoms in total. The van der Waals surface area contributed by atoms with E-state index in [1.165, 1.54) is 23.0 Å². The zero-order valence-electron chi connectivity index (χ0n) is 17.3. The standard InChI is InChI=1S/C23H21FN6O2/c24-18-3-5-19(6-4-18)30-21-20(13-27-30)23(32)29(15-26-21)14-16-7-10-28(11-8-16)22(31)17-2-1-9-25-12-17/h1-6,9,12-13,15-16H,7-8,10-11,14H2. The van der Waals surface area contributed by atoms with Gasteiger partial charge in [-0.3, -0.25) is 19.1 Å². The number of hydrogen-bond donors (Lipinski definition) is 0. The number of hydrogen-bond acceptors (Lipinski definition) is 5. The number of fused-ring (bicyclic) bond motifs is 1. The fourth-order valence-electron chi connectivity index (χ4n) is 4.12. The van der Waals surface area contributed by atoms with Crippen molar-refractivity contribution < 1.29 is 9.18 Å². The van der Waals surface area contributed by atoms with Crippen molar-refractivity contribution in [3.63, 3.8) is 0 Å². The summed E-state index contributed by atoms with van der Waals surface area (Å²) in [6.07, 6.45) is 7.89. The topological polar surface area (TPSA) is 85.9 Å². The summed E-state index contributed by atoms with van der Waals surface area (Å²) in [6, 6.07) is 9.40. The molecule has 1 aromatic carbocycles. The van der Waals surface area contributed by atoms with Crippen molar-refractivity contribution >= 4 is 16.9 Å². The van der Waals surface area contributed by atoms with Gasteiger partial charge in [0.2, 0.25) is 0 Å². The third-order valence-electron chi connectivity index (χ3n) is 5.89.